The molecule has 15 heavy (non-hydrogen) atoms. The molecule has 0 saturated carbocycles. The number of benzene rings is 1. The summed E-state index contributed by atoms with van der Waals surface area (Å²) in [5.74, 6) is 0.523. The molecule has 1 rings (SSSR count). The maximum atomic E-state index is 11.6. The predicted octanol–water partition coefficient (Wildman–Crippen LogP) is 2.33. The highest BCUT2D eigenvalue weighted by Gasteiger charge is 2.05. The van der Waals surface area contributed by atoms with Gasteiger partial charge in [0.25, 0.3) is 5.91 Å². The summed E-state index contributed by atoms with van der Waals surface area (Å²) in [7, 11) is 1.57. The first-order valence-electron chi connectivity index (χ1n) is 4.39. The van der Waals surface area contributed by atoms with Gasteiger partial charge in [0, 0.05) is 16.6 Å². The molecule has 0 radical (unpaired) electrons. The Bertz CT molecular complexity index is 377. The van der Waals surface area contributed by atoms with Gasteiger partial charge in [0.05, 0.1) is 7.11 Å². The number of methoxy groups -OCH3 is 1. The van der Waals surface area contributed by atoms with Crippen molar-refractivity contribution in [3.63, 3.8) is 0 Å². The summed E-state index contributed by atoms with van der Waals surface area (Å²) < 4.78 is 5.76. The van der Waals surface area contributed by atoms with Crippen LogP contribution in [0.3, 0.4) is 0 Å². The molecule has 1 N–H and O–H groups in total. The second-order valence-electron chi connectivity index (χ2n) is 2.93. The first-order valence-corrected chi connectivity index (χ1v) is 5.18. The van der Waals surface area contributed by atoms with Crippen molar-refractivity contribution < 1.29 is 9.53 Å². The molecule has 0 heterocycles. The number of halogens is 1. The quantitative estimate of drug-likeness (QED) is 0.911. The molecular formula is C11H12BrNO2. The van der Waals surface area contributed by atoms with Crippen LogP contribution in [-0.2, 0) is 0 Å². The van der Waals surface area contributed by atoms with Crippen LogP contribution in [0.4, 0.5) is 0 Å². The molecule has 3 nitrogen and oxygen atoms in total. The highest BCUT2D eigenvalue weighted by Crippen LogP contribution is 2.12. The van der Waals surface area contributed by atoms with Gasteiger partial charge in [-0.3, -0.25) is 4.79 Å². The minimum absolute atomic E-state index is 0.144. The number of nitrogens with one attached hydrogen (secondary N) is 1. The van der Waals surface area contributed by atoms with Gasteiger partial charge in [0.15, 0.2) is 0 Å². The maximum absolute atomic E-state index is 11.6. The highest BCUT2D eigenvalue weighted by molar-refractivity contribution is 9.11. The fourth-order valence-electron chi connectivity index (χ4n) is 1.04. The summed E-state index contributed by atoms with van der Waals surface area (Å²) in [4.78, 5) is 11.6. The van der Waals surface area contributed by atoms with Gasteiger partial charge in [-0.2, -0.15) is 0 Å². The molecule has 0 aromatic heterocycles. The van der Waals surface area contributed by atoms with Gasteiger partial charge in [-0.15, -0.1) is 0 Å². The molecule has 0 saturated heterocycles. The van der Waals surface area contributed by atoms with Crippen molar-refractivity contribution in [1.82, 2.24) is 5.32 Å². The van der Waals surface area contributed by atoms with Crippen molar-refractivity contribution in [2.75, 3.05) is 13.7 Å². The average molecular weight is 270 g/mol. The summed E-state index contributed by atoms with van der Waals surface area (Å²) >= 11 is 3.17. The zero-order chi connectivity index (χ0) is 11.3. The monoisotopic (exact) mass is 269 g/mol. The van der Waals surface area contributed by atoms with Crippen LogP contribution in [0.5, 0.6) is 5.75 Å². The van der Waals surface area contributed by atoms with Crippen LogP contribution >= 0.6 is 15.9 Å². The highest BCUT2D eigenvalue weighted by atomic mass is 79.9. The Balaban J connectivity index is 2.69. The topological polar surface area (TPSA) is 38.3 Å². The van der Waals surface area contributed by atoms with E-state index in [0.717, 1.165) is 4.48 Å². The van der Waals surface area contributed by atoms with E-state index < -0.39 is 0 Å². The summed E-state index contributed by atoms with van der Waals surface area (Å²) in [6, 6.07) is 6.98. The van der Waals surface area contributed by atoms with Crippen LogP contribution in [0.2, 0.25) is 0 Å². The standard InChI is InChI=1S/C11H12BrNO2/c1-8(12)7-13-11(14)9-4-3-5-10(6-9)15-2/h3-6H,1,7H2,2H3,(H,13,14). The van der Waals surface area contributed by atoms with Crippen LogP contribution in [0.15, 0.2) is 35.3 Å². The third-order valence-electron chi connectivity index (χ3n) is 1.77. The van der Waals surface area contributed by atoms with Gasteiger partial charge in [0.2, 0.25) is 0 Å². The summed E-state index contributed by atoms with van der Waals surface area (Å²) in [5.41, 5.74) is 0.572. The molecule has 0 unspecified atom stereocenters. The van der Waals surface area contributed by atoms with Crippen molar-refractivity contribution in [3.8, 4) is 5.75 Å². The second kappa shape index (κ2) is 5.56. The minimum Gasteiger partial charge on any atom is -0.497 e. The molecule has 0 aliphatic heterocycles. The molecule has 0 aliphatic carbocycles. The Labute approximate surface area is 97.3 Å². The van der Waals surface area contributed by atoms with E-state index in [-0.39, 0.29) is 5.91 Å². The average Bonchev–Trinajstić information content (AvgIpc) is 2.26. The van der Waals surface area contributed by atoms with E-state index in [4.69, 9.17) is 4.74 Å². The largest absolute Gasteiger partial charge is 0.497 e. The third-order valence-corrected chi connectivity index (χ3v) is 2.05. The Morgan fingerprint density at radius 3 is 2.93 bits per heavy atom. The van der Waals surface area contributed by atoms with Gasteiger partial charge in [-0.25, -0.2) is 0 Å². The lowest BCUT2D eigenvalue weighted by Crippen LogP contribution is -2.24. The first kappa shape index (κ1) is 11.8. The zero-order valence-electron chi connectivity index (χ0n) is 8.42. The van der Waals surface area contributed by atoms with E-state index in [1.165, 1.54) is 0 Å². The molecule has 1 aromatic rings. The smallest absolute Gasteiger partial charge is 0.251 e. The maximum Gasteiger partial charge on any atom is 0.251 e. The molecule has 0 fully saturated rings. The molecule has 80 valence electrons. The number of amides is 1. The lowest BCUT2D eigenvalue weighted by atomic mass is 10.2. The molecule has 1 aromatic carbocycles. The van der Waals surface area contributed by atoms with Gasteiger partial charge >= 0.3 is 0 Å². The van der Waals surface area contributed by atoms with Crippen LogP contribution in [0.1, 0.15) is 10.4 Å². The number of hydrogen-bond donors (Lipinski definition) is 1. The van der Waals surface area contributed by atoms with Crippen molar-refractivity contribution in [2.24, 2.45) is 0 Å². The molecule has 0 bridgehead atoms. The third kappa shape index (κ3) is 3.75. The summed E-state index contributed by atoms with van der Waals surface area (Å²) in [5, 5.41) is 2.71. The lowest BCUT2D eigenvalue weighted by Gasteiger charge is -2.05. The minimum atomic E-state index is -0.144. The fraction of sp³-hybridized carbons (Fsp3) is 0.182. The normalized spacial score (nSPS) is 9.47. The Kier molecular flexibility index (Phi) is 4.37. The molecule has 1 amide bonds. The first-order chi connectivity index (χ1) is 7.13. The second-order valence-corrected chi connectivity index (χ2v) is 4.05. The van der Waals surface area contributed by atoms with E-state index in [1.807, 2.05) is 0 Å². The lowest BCUT2D eigenvalue weighted by molar-refractivity contribution is 0.0957. The predicted molar refractivity (Wildman–Crippen MR) is 63.4 cm³/mol. The van der Waals surface area contributed by atoms with Crippen molar-refractivity contribution in [1.29, 1.82) is 0 Å². The van der Waals surface area contributed by atoms with Gasteiger partial charge in [0.1, 0.15) is 5.75 Å². The summed E-state index contributed by atoms with van der Waals surface area (Å²) in [6.07, 6.45) is 0. The number of ether oxygens (including phenoxy) is 1. The van der Waals surface area contributed by atoms with E-state index in [1.54, 1.807) is 31.4 Å². The fourth-order valence-corrected chi connectivity index (χ4v) is 1.18. The van der Waals surface area contributed by atoms with Gasteiger partial charge < -0.3 is 10.1 Å². The van der Waals surface area contributed by atoms with Gasteiger partial charge in [-0.1, -0.05) is 28.6 Å². The van der Waals surface area contributed by atoms with Crippen LogP contribution < -0.4 is 10.1 Å². The molecule has 4 heteroatoms. The molecule has 0 atom stereocenters. The van der Waals surface area contributed by atoms with Crippen molar-refractivity contribution in [3.05, 3.63) is 40.9 Å². The van der Waals surface area contributed by atoms with E-state index in [2.05, 4.69) is 27.8 Å². The Hall–Kier alpha value is -1.29. The van der Waals surface area contributed by atoms with E-state index in [9.17, 15) is 4.79 Å². The Morgan fingerprint density at radius 2 is 2.33 bits per heavy atom. The number of rotatable bonds is 4. The van der Waals surface area contributed by atoms with Crippen LogP contribution in [0, 0.1) is 0 Å². The van der Waals surface area contributed by atoms with Crippen LogP contribution in [0.25, 0.3) is 0 Å². The number of carbonyl (C=O) groups is 1. The number of carbonyl (C=O) groups excluding carboxylic acids is 1. The van der Waals surface area contributed by atoms with Gasteiger partial charge in [-0.05, 0) is 18.2 Å². The molecular weight excluding hydrogens is 258 g/mol. The van der Waals surface area contributed by atoms with Crippen LogP contribution in [-0.4, -0.2) is 19.6 Å². The SMILES string of the molecule is C=C(Br)CNC(=O)c1cccc(OC)c1. The Morgan fingerprint density at radius 1 is 1.60 bits per heavy atom. The number of hydrogen-bond acceptors (Lipinski definition) is 2. The molecule has 0 aliphatic rings. The van der Waals surface area contributed by atoms with Crippen molar-refractivity contribution in [2.45, 2.75) is 0 Å². The summed E-state index contributed by atoms with van der Waals surface area (Å²) in [6.45, 7) is 4.04. The van der Waals surface area contributed by atoms with Crippen molar-refractivity contribution >= 4 is 21.8 Å². The zero-order valence-corrected chi connectivity index (χ0v) is 10.0. The van der Waals surface area contributed by atoms with E-state index >= 15 is 0 Å². The molecule has 0 spiro atoms. The van der Waals surface area contributed by atoms with E-state index in [0.29, 0.717) is 17.9 Å².